The van der Waals surface area contributed by atoms with Crippen LogP contribution >= 0.6 is 24.0 Å². The van der Waals surface area contributed by atoms with Gasteiger partial charge in [-0.15, -0.1) is 24.0 Å². The van der Waals surface area contributed by atoms with Crippen molar-refractivity contribution < 1.29 is 9.13 Å². The first kappa shape index (κ1) is 22.0. The normalized spacial score (nSPS) is 13.2. The van der Waals surface area contributed by atoms with Gasteiger partial charge >= 0.3 is 0 Å². The lowest BCUT2D eigenvalue weighted by atomic mass is 10.1. The van der Waals surface area contributed by atoms with Gasteiger partial charge in [0, 0.05) is 31.3 Å². The number of hydrogen-bond donors (Lipinski definition) is 2. The zero-order chi connectivity index (χ0) is 19.1. The summed E-state index contributed by atoms with van der Waals surface area (Å²) in [4.78, 5) is 4.17. The van der Waals surface area contributed by atoms with E-state index in [0.29, 0.717) is 29.5 Å². The van der Waals surface area contributed by atoms with E-state index < -0.39 is 0 Å². The number of guanidine groups is 1. The van der Waals surface area contributed by atoms with E-state index in [1.54, 1.807) is 7.05 Å². The molecule has 28 heavy (non-hydrogen) atoms. The number of aliphatic imine (C=N–C) groups is 1. The Morgan fingerprint density at radius 3 is 2.57 bits per heavy atom. The highest BCUT2D eigenvalue weighted by Crippen LogP contribution is 2.30. The third-order valence-corrected chi connectivity index (χ3v) is 4.44. The van der Waals surface area contributed by atoms with E-state index in [0.717, 1.165) is 17.9 Å². The molecule has 1 aliphatic rings. The molecule has 2 N–H and O–H groups in total. The smallest absolute Gasteiger partial charge is 0.191 e. The fourth-order valence-electron chi connectivity index (χ4n) is 2.64. The Hall–Kier alpha value is -2.34. The quantitative estimate of drug-likeness (QED) is 0.347. The molecule has 0 unspecified atom stereocenters. The van der Waals surface area contributed by atoms with Crippen molar-refractivity contribution in [1.82, 2.24) is 10.6 Å². The molecule has 0 radical (unpaired) electrons. The molecule has 0 amide bonds. The zero-order valence-electron chi connectivity index (χ0n) is 15.7. The average molecular weight is 494 g/mol. The number of ether oxygens (including phenoxy) is 1. The molecule has 0 saturated heterocycles. The minimum absolute atomic E-state index is 0. The molecule has 7 heteroatoms. The molecule has 0 atom stereocenters. The number of nitriles is 1. The summed E-state index contributed by atoms with van der Waals surface area (Å²) in [5.74, 6) is 1.77. The van der Waals surface area contributed by atoms with E-state index in [-0.39, 0.29) is 36.3 Å². The van der Waals surface area contributed by atoms with Crippen molar-refractivity contribution in [2.45, 2.75) is 25.9 Å². The van der Waals surface area contributed by atoms with Crippen molar-refractivity contribution in [2.24, 2.45) is 10.9 Å². The van der Waals surface area contributed by atoms with Crippen molar-refractivity contribution in [3.63, 3.8) is 0 Å². The van der Waals surface area contributed by atoms with Crippen molar-refractivity contribution in [1.29, 1.82) is 5.26 Å². The largest absolute Gasteiger partial charge is 0.493 e. The molecule has 0 spiro atoms. The average Bonchev–Trinajstić information content (AvgIpc) is 3.53. The first-order valence-electron chi connectivity index (χ1n) is 9.03. The van der Waals surface area contributed by atoms with Gasteiger partial charge in [-0.05, 0) is 43.0 Å². The summed E-state index contributed by atoms with van der Waals surface area (Å²) in [5.41, 5.74) is 1.89. The maximum absolute atomic E-state index is 13.9. The Kier molecular flexibility index (Phi) is 8.51. The second-order valence-corrected chi connectivity index (χ2v) is 6.56. The molecule has 0 bridgehead atoms. The molecule has 2 aromatic carbocycles. The van der Waals surface area contributed by atoms with Gasteiger partial charge in [-0.25, -0.2) is 4.39 Å². The molecule has 3 rings (SSSR count). The fraction of sp³-hybridized carbons (Fsp3) is 0.333. The molecule has 2 aromatic rings. The van der Waals surface area contributed by atoms with E-state index in [2.05, 4.69) is 15.6 Å². The summed E-state index contributed by atoms with van der Waals surface area (Å²) in [6.45, 7) is 1.54. The molecular formula is C21H24FIN4O. The van der Waals surface area contributed by atoms with Crippen molar-refractivity contribution >= 4 is 29.9 Å². The third kappa shape index (κ3) is 6.37. The van der Waals surface area contributed by atoms with Crippen LogP contribution < -0.4 is 15.4 Å². The zero-order valence-corrected chi connectivity index (χ0v) is 18.1. The van der Waals surface area contributed by atoms with Gasteiger partial charge in [-0.3, -0.25) is 4.99 Å². The molecule has 148 valence electrons. The van der Waals surface area contributed by atoms with Crippen LogP contribution in [0.2, 0.25) is 0 Å². The highest BCUT2D eigenvalue weighted by atomic mass is 127. The van der Waals surface area contributed by atoms with Gasteiger partial charge in [0.15, 0.2) is 5.96 Å². The Morgan fingerprint density at radius 2 is 1.89 bits per heavy atom. The van der Waals surface area contributed by atoms with E-state index in [4.69, 9.17) is 10.00 Å². The number of rotatable bonds is 7. The maximum Gasteiger partial charge on any atom is 0.191 e. The highest BCUT2D eigenvalue weighted by molar-refractivity contribution is 14.0. The van der Waals surface area contributed by atoms with Crippen LogP contribution in [-0.4, -0.2) is 19.6 Å². The van der Waals surface area contributed by atoms with Crippen LogP contribution in [0.3, 0.4) is 0 Å². The standard InChI is InChI=1S/C21H23FN4O.HI/c1-24-21(26-13-18-10-16(11-23)8-9-19(18)22)25-12-17-4-2-3-5-20(17)27-14-15-6-7-15;/h2-5,8-10,15H,6-7,12-14H2,1H3,(H2,24,25,26);1H. The molecule has 1 saturated carbocycles. The fourth-order valence-corrected chi connectivity index (χ4v) is 2.64. The number of nitrogens with one attached hydrogen (secondary N) is 2. The van der Waals surface area contributed by atoms with Crippen molar-refractivity contribution in [2.75, 3.05) is 13.7 Å². The van der Waals surface area contributed by atoms with Gasteiger partial charge in [0.2, 0.25) is 0 Å². The van der Waals surface area contributed by atoms with E-state index in [1.807, 2.05) is 30.3 Å². The summed E-state index contributed by atoms with van der Waals surface area (Å²) in [5, 5.41) is 15.2. The summed E-state index contributed by atoms with van der Waals surface area (Å²) in [6, 6.07) is 14.2. The van der Waals surface area contributed by atoms with Crippen molar-refractivity contribution in [3.8, 4) is 11.8 Å². The first-order chi connectivity index (χ1) is 13.2. The Labute approximate surface area is 182 Å². The van der Waals surface area contributed by atoms with Crippen LogP contribution in [0.4, 0.5) is 4.39 Å². The Morgan fingerprint density at radius 1 is 1.18 bits per heavy atom. The summed E-state index contributed by atoms with van der Waals surface area (Å²) >= 11 is 0. The third-order valence-electron chi connectivity index (χ3n) is 4.44. The summed E-state index contributed by atoms with van der Waals surface area (Å²) in [6.07, 6.45) is 2.50. The monoisotopic (exact) mass is 494 g/mol. The number of hydrogen-bond acceptors (Lipinski definition) is 3. The van der Waals surface area contributed by atoms with E-state index >= 15 is 0 Å². The van der Waals surface area contributed by atoms with Gasteiger partial charge in [0.05, 0.1) is 18.2 Å². The summed E-state index contributed by atoms with van der Waals surface area (Å²) < 4.78 is 19.8. The molecule has 5 nitrogen and oxygen atoms in total. The molecule has 1 fully saturated rings. The van der Waals surface area contributed by atoms with Crippen LogP contribution in [-0.2, 0) is 13.1 Å². The van der Waals surface area contributed by atoms with Gasteiger partial charge in [-0.2, -0.15) is 5.26 Å². The second-order valence-electron chi connectivity index (χ2n) is 6.56. The summed E-state index contributed by atoms with van der Waals surface area (Å²) in [7, 11) is 1.66. The number of nitrogens with zero attached hydrogens (tertiary/aromatic N) is 2. The second kappa shape index (κ2) is 10.9. The highest BCUT2D eigenvalue weighted by Gasteiger charge is 2.22. The van der Waals surface area contributed by atoms with Crippen LogP contribution in [0, 0.1) is 23.1 Å². The van der Waals surface area contributed by atoms with Crippen LogP contribution in [0.15, 0.2) is 47.5 Å². The molecular weight excluding hydrogens is 470 g/mol. The van der Waals surface area contributed by atoms with E-state index in [9.17, 15) is 4.39 Å². The number of para-hydroxylation sites is 1. The van der Waals surface area contributed by atoms with Crippen LogP contribution in [0.25, 0.3) is 0 Å². The van der Waals surface area contributed by atoms with Crippen LogP contribution in [0.1, 0.15) is 29.5 Å². The molecule has 0 aliphatic heterocycles. The van der Waals surface area contributed by atoms with E-state index in [1.165, 1.54) is 31.0 Å². The predicted octanol–water partition coefficient (Wildman–Crippen LogP) is 3.97. The lowest BCUT2D eigenvalue weighted by Gasteiger charge is -2.15. The SMILES string of the molecule is CN=C(NCc1cc(C#N)ccc1F)NCc1ccccc1OCC1CC1.I. The lowest BCUT2D eigenvalue weighted by molar-refractivity contribution is 0.296. The molecule has 0 aromatic heterocycles. The first-order valence-corrected chi connectivity index (χ1v) is 9.03. The maximum atomic E-state index is 13.9. The van der Waals surface area contributed by atoms with Gasteiger partial charge < -0.3 is 15.4 Å². The molecule has 0 heterocycles. The van der Waals surface area contributed by atoms with Gasteiger partial charge in [0.25, 0.3) is 0 Å². The number of halogens is 2. The van der Waals surface area contributed by atoms with Gasteiger partial charge in [0.1, 0.15) is 11.6 Å². The Balaban J connectivity index is 0.00000280. The predicted molar refractivity (Wildman–Crippen MR) is 118 cm³/mol. The minimum atomic E-state index is -0.351. The Bertz CT molecular complexity index is 862. The van der Waals surface area contributed by atoms with Crippen molar-refractivity contribution in [3.05, 3.63) is 65.0 Å². The van der Waals surface area contributed by atoms with Crippen LogP contribution in [0.5, 0.6) is 5.75 Å². The lowest BCUT2D eigenvalue weighted by Crippen LogP contribution is -2.36. The number of benzene rings is 2. The topological polar surface area (TPSA) is 69.4 Å². The minimum Gasteiger partial charge on any atom is -0.493 e. The molecule has 1 aliphatic carbocycles. The van der Waals surface area contributed by atoms with Gasteiger partial charge in [-0.1, -0.05) is 18.2 Å².